The maximum atomic E-state index is 13.0. The Balaban J connectivity index is 1.72. The summed E-state index contributed by atoms with van der Waals surface area (Å²) in [5, 5.41) is 3.49. The quantitative estimate of drug-likeness (QED) is 0.891. The average Bonchev–Trinajstić information content (AvgIpc) is 2.42. The van der Waals surface area contributed by atoms with Gasteiger partial charge in [-0.25, -0.2) is 4.39 Å². The van der Waals surface area contributed by atoms with Gasteiger partial charge in [0.1, 0.15) is 5.82 Å². The van der Waals surface area contributed by atoms with Gasteiger partial charge < -0.3 is 10.2 Å². The molecule has 1 aliphatic heterocycles. The number of benzene rings is 1. The van der Waals surface area contributed by atoms with Gasteiger partial charge in [0.25, 0.3) is 0 Å². The molecular formula is C15H22BrFN2. The predicted molar refractivity (Wildman–Crippen MR) is 80.6 cm³/mol. The SMILES string of the molecule is CCN1CCC(CNCc2ccc(F)cc2Br)CC1. The third-order valence-corrected chi connectivity index (χ3v) is 4.66. The fraction of sp³-hybridized carbons (Fsp3) is 0.600. The van der Waals surface area contributed by atoms with Gasteiger partial charge in [-0.3, -0.25) is 0 Å². The number of hydrogen-bond acceptors (Lipinski definition) is 2. The molecule has 0 saturated carbocycles. The number of nitrogens with zero attached hydrogens (tertiary/aromatic N) is 1. The normalized spacial score (nSPS) is 17.8. The Morgan fingerprint density at radius 3 is 2.74 bits per heavy atom. The molecule has 0 unspecified atom stereocenters. The number of piperidine rings is 1. The van der Waals surface area contributed by atoms with Crippen LogP contribution in [0.4, 0.5) is 4.39 Å². The van der Waals surface area contributed by atoms with E-state index >= 15 is 0 Å². The summed E-state index contributed by atoms with van der Waals surface area (Å²) in [7, 11) is 0. The number of nitrogens with one attached hydrogen (secondary N) is 1. The molecule has 19 heavy (non-hydrogen) atoms. The second kappa shape index (κ2) is 7.36. The van der Waals surface area contributed by atoms with Gasteiger partial charge in [0, 0.05) is 11.0 Å². The molecule has 2 rings (SSSR count). The zero-order chi connectivity index (χ0) is 13.7. The molecule has 2 nitrogen and oxygen atoms in total. The van der Waals surface area contributed by atoms with Crippen molar-refractivity contribution in [2.45, 2.75) is 26.3 Å². The second-order valence-corrected chi connectivity index (χ2v) is 6.10. The molecule has 4 heteroatoms. The Labute approximate surface area is 123 Å². The lowest BCUT2D eigenvalue weighted by Gasteiger charge is -2.31. The lowest BCUT2D eigenvalue weighted by atomic mass is 9.97. The van der Waals surface area contributed by atoms with E-state index < -0.39 is 0 Å². The summed E-state index contributed by atoms with van der Waals surface area (Å²) in [5.74, 6) is 0.588. The van der Waals surface area contributed by atoms with Gasteiger partial charge in [0.2, 0.25) is 0 Å². The second-order valence-electron chi connectivity index (χ2n) is 5.24. The van der Waals surface area contributed by atoms with Crippen molar-refractivity contribution in [3.8, 4) is 0 Å². The van der Waals surface area contributed by atoms with Gasteiger partial charge in [0.05, 0.1) is 0 Å². The fourth-order valence-corrected chi connectivity index (χ4v) is 3.07. The van der Waals surface area contributed by atoms with Crippen LogP contribution in [-0.2, 0) is 6.54 Å². The Bertz CT molecular complexity index is 403. The third kappa shape index (κ3) is 4.55. The average molecular weight is 329 g/mol. The highest BCUT2D eigenvalue weighted by molar-refractivity contribution is 9.10. The molecule has 0 atom stereocenters. The molecule has 0 amide bonds. The Morgan fingerprint density at radius 2 is 2.11 bits per heavy atom. The molecule has 1 heterocycles. The molecule has 0 radical (unpaired) electrons. The highest BCUT2D eigenvalue weighted by Gasteiger charge is 2.17. The lowest BCUT2D eigenvalue weighted by Crippen LogP contribution is -2.36. The summed E-state index contributed by atoms with van der Waals surface area (Å²) in [5.41, 5.74) is 1.12. The van der Waals surface area contributed by atoms with Crippen molar-refractivity contribution in [3.63, 3.8) is 0 Å². The molecule has 0 bridgehead atoms. The van der Waals surface area contributed by atoms with Crippen molar-refractivity contribution in [3.05, 3.63) is 34.1 Å². The number of halogens is 2. The summed E-state index contributed by atoms with van der Waals surface area (Å²) >= 11 is 3.40. The first-order chi connectivity index (χ1) is 9.19. The van der Waals surface area contributed by atoms with Crippen LogP contribution < -0.4 is 5.32 Å². The van der Waals surface area contributed by atoms with Gasteiger partial charge in [0.15, 0.2) is 0 Å². The molecule has 1 aromatic carbocycles. The number of rotatable bonds is 5. The van der Waals surface area contributed by atoms with E-state index in [1.54, 1.807) is 0 Å². The minimum Gasteiger partial charge on any atom is -0.312 e. The van der Waals surface area contributed by atoms with E-state index in [-0.39, 0.29) is 5.82 Å². The zero-order valence-electron chi connectivity index (χ0n) is 11.5. The van der Waals surface area contributed by atoms with Crippen LogP contribution in [0.15, 0.2) is 22.7 Å². The maximum Gasteiger partial charge on any atom is 0.124 e. The van der Waals surface area contributed by atoms with Crippen molar-refractivity contribution < 1.29 is 4.39 Å². The van der Waals surface area contributed by atoms with Crippen LogP contribution in [0, 0.1) is 11.7 Å². The van der Waals surface area contributed by atoms with Crippen LogP contribution in [0.1, 0.15) is 25.3 Å². The monoisotopic (exact) mass is 328 g/mol. The van der Waals surface area contributed by atoms with Crippen LogP contribution in [-0.4, -0.2) is 31.1 Å². The first kappa shape index (κ1) is 14.9. The summed E-state index contributed by atoms with van der Waals surface area (Å²) in [4.78, 5) is 2.51. The van der Waals surface area contributed by atoms with Crippen molar-refractivity contribution in [1.29, 1.82) is 0 Å². The molecule has 1 aromatic rings. The molecule has 0 spiro atoms. The minimum atomic E-state index is -0.192. The highest BCUT2D eigenvalue weighted by atomic mass is 79.9. The zero-order valence-corrected chi connectivity index (χ0v) is 13.0. The van der Waals surface area contributed by atoms with Gasteiger partial charge in [-0.15, -0.1) is 0 Å². The molecule has 106 valence electrons. The number of hydrogen-bond donors (Lipinski definition) is 1. The summed E-state index contributed by atoms with van der Waals surface area (Å²) in [6.07, 6.45) is 2.57. The van der Waals surface area contributed by atoms with Crippen molar-refractivity contribution in [2.24, 2.45) is 5.92 Å². The summed E-state index contributed by atoms with van der Waals surface area (Å²) in [6, 6.07) is 4.88. The first-order valence-electron chi connectivity index (χ1n) is 7.06. The van der Waals surface area contributed by atoms with Gasteiger partial charge in [-0.1, -0.05) is 28.9 Å². The van der Waals surface area contributed by atoms with Gasteiger partial charge in [-0.2, -0.15) is 0 Å². The van der Waals surface area contributed by atoms with Crippen molar-refractivity contribution in [1.82, 2.24) is 10.2 Å². The minimum absolute atomic E-state index is 0.192. The van der Waals surface area contributed by atoms with Crippen LogP contribution >= 0.6 is 15.9 Å². The molecule has 0 aromatic heterocycles. The molecular weight excluding hydrogens is 307 g/mol. The third-order valence-electron chi connectivity index (χ3n) is 3.92. The standard InChI is InChI=1S/C15H22BrFN2/c1-2-19-7-5-12(6-8-19)10-18-11-13-3-4-14(17)9-15(13)16/h3-4,9,12,18H,2,5-8,10-11H2,1H3. The van der Waals surface area contributed by atoms with E-state index in [9.17, 15) is 4.39 Å². The molecule has 1 fully saturated rings. The van der Waals surface area contributed by atoms with Crippen LogP contribution in [0.3, 0.4) is 0 Å². The van der Waals surface area contributed by atoms with Crippen molar-refractivity contribution >= 4 is 15.9 Å². The Morgan fingerprint density at radius 1 is 1.37 bits per heavy atom. The van der Waals surface area contributed by atoms with Gasteiger partial charge in [-0.05, 0) is 62.6 Å². The van der Waals surface area contributed by atoms with E-state index in [2.05, 4.69) is 33.1 Å². The van der Waals surface area contributed by atoms with Gasteiger partial charge >= 0.3 is 0 Å². The summed E-state index contributed by atoms with van der Waals surface area (Å²) in [6.45, 7) is 7.70. The Hall–Kier alpha value is -0.450. The van der Waals surface area contributed by atoms with E-state index in [4.69, 9.17) is 0 Å². The van der Waals surface area contributed by atoms with E-state index in [0.717, 1.165) is 29.0 Å². The number of likely N-dealkylation sites (tertiary alicyclic amines) is 1. The smallest absolute Gasteiger partial charge is 0.124 e. The molecule has 1 saturated heterocycles. The largest absolute Gasteiger partial charge is 0.312 e. The molecule has 0 aliphatic carbocycles. The molecule has 1 N–H and O–H groups in total. The topological polar surface area (TPSA) is 15.3 Å². The van der Waals surface area contributed by atoms with E-state index in [0.29, 0.717) is 0 Å². The maximum absolute atomic E-state index is 13.0. The van der Waals surface area contributed by atoms with Crippen LogP contribution in [0.2, 0.25) is 0 Å². The van der Waals surface area contributed by atoms with Crippen LogP contribution in [0.5, 0.6) is 0 Å². The summed E-state index contributed by atoms with van der Waals surface area (Å²) < 4.78 is 13.8. The lowest BCUT2D eigenvalue weighted by molar-refractivity contribution is 0.190. The fourth-order valence-electron chi connectivity index (χ4n) is 2.58. The first-order valence-corrected chi connectivity index (χ1v) is 7.85. The Kier molecular flexibility index (Phi) is 5.79. The van der Waals surface area contributed by atoms with Crippen molar-refractivity contribution in [2.75, 3.05) is 26.2 Å². The van der Waals surface area contributed by atoms with E-state index in [1.165, 1.54) is 44.6 Å². The van der Waals surface area contributed by atoms with E-state index in [1.807, 2.05) is 6.07 Å². The highest BCUT2D eigenvalue weighted by Crippen LogP contribution is 2.19. The van der Waals surface area contributed by atoms with Crippen LogP contribution in [0.25, 0.3) is 0 Å². The predicted octanol–water partition coefficient (Wildman–Crippen LogP) is 3.41. The molecule has 1 aliphatic rings.